The number of benzene rings is 2. The van der Waals surface area contributed by atoms with E-state index >= 15 is 0 Å². The third-order valence-electron chi connectivity index (χ3n) is 7.53. The molecular formula is C25H30N4O5S. The maximum atomic E-state index is 13.1. The number of fused-ring (bicyclic) bond motifs is 1. The largest absolute Gasteiger partial charge is 0.465 e. The first-order valence-corrected chi connectivity index (χ1v) is 13.7. The molecule has 2 aromatic rings. The van der Waals surface area contributed by atoms with Crippen molar-refractivity contribution in [1.29, 1.82) is 0 Å². The van der Waals surface area contributed by atoms with Crippen LogP contribution in [0.3, 0.4) is 0 Å². The predicted molar refractivity (Wildman–Crippen MR) is 133 cm³/mol. The quantitative estimate of drug-likeness (QED) is 0.656. The number of piperidine rings is 2. The van der Waals surface area contributed by atoms with Crippen LogP contribution in [0.5, 0.6) is 0 Å². The Morgan fingerprint density at radius 1 is 1.11 bits per heavy atom. The molecule has 1 atom stereocenters. The monoisotopic (exact) mass is 498 g/mol. The summed E-state index contributed by atoms with van der Waals surface area (Å²) in [6.45, 7) is 1.30. The van der Waals surface area contributed by atoms with Gasteiger partial charge in [0.1, 0.15) is 11.4 Å². The fraction of sp³-hybridized carbons (Fsp3) is 0.480. The summed E-state index contributed by atoms with van der Waals surface area (Å²) in [4.78, 5) is 30.3. The van der Waals surface area contributed by atoms with Gasteiger partial charge >= 0.3 is 6.09 Å². The van der Waals surface area contributed by atoms with Gasteiger partial charge in [-0.2, -0.15) is 0 Å². The lowest BCUT2D eigenvalue weighted by atomic mass is 9.89. The Bertz CT molecular complexity index is 1280. The van der Waals surface area contributed by atoms with Crippen molar-refractivity contribution in [2.24, 2.45) is 10.9 Å². The summed E-state index contributed by atoms with van der Waals surface area (Å²) in [7, 11) is -3.48. The Morgan fingerprint density at radius 3 is 2.63 bits per heavy atom. The Hall–Kier alpha value is -2.98. The lowest BCUT2D eigenvalue weighted by Crippen LogP contribution is -2.51. The van der Waals surface area contributed by atoms with Crippen LogP contribution in [0.1, 0.15) is 31.2 Å². The Balaban J connectivity index is 1.23. The second-order valence-corrected chi connectivity index (χ2v) is 11.7. The SMILES string of the molecule is O=C(O)N1CCCC(C2=NC3(CCN(S(=O)(=O)CCc4cccc5ccccc45)CC3)C(=O)N2)C1. The van der Waals surface area contributed by atoms with E-state index < -0.39 is 21.7 Å². The minimum atomic E-state index is -3.48. The van der Waals surface area contributed by atoms with Crippen LogP contribution in [-0.2, 0) is 21.2 Å². The summed E-state index contributed by atoms with van der Waals surface area (Å²) in [6.07, 6.45) is 1.61. The van der Waals surface area contributed by atoms with Crippen molar-refractivity contribution >= 4 is 38.6 Å². The summed E-state index contributed by atoms with van der Waals surface area (Å²) in [5.74, 6) is 0.230. The van der Waals surface area contributed by atoms with Gasteiger partial charge in [0.25, 0.3) is 5.91 Å². The molecule has 2 aromatic carbocycles. The van der Waals surface area contributed by atoms with Crippen LogP contribution >= 0.6 is 0 Å². The number of rotatable bonds is 5. The maximum absolute atomic E-state index is 13.1. The van der Waals surface area contributed by atoms with Crippen molar-refractivity contribution in [3.63, 3.8) is 0 Å². The average Bonchev–Trinajstić information content (AvgIpc) is 3.18. The second-order valence-electron chi connectivity index (χ2n) is 9.65. The normalized spacial score (nSPS) is 22.9. The van der Waals surface area contributed by atoms with Gasteiger partial charge in [0.05, 0.1) is 5.75 Å². The Kier molecular flexibility index (Phi) is 6.27. The Morgan fingerprint density at radius 2 is 1.86 bits per heavy atom. The molecule has 2 amide bonds. The zero-order valence-electron chi connectivity index (χ0n) is 19.5. The molecular weight excluding hydrogens is 468 g/mol. The van der Waals surface area contributed by atoms with Gasteiger partial charge in [0, 0.05) is 32.1 Å². The van der Waals surface area contributed by atoms with Crippen LogP contribution < -0.4 is 5.32 Å². The molecule has 2 N–H and O–H groups in total. The Labute approximate surface area is 204 Å². The lowest BCUT2D eigenvalue weighted by Gasteiger charge is -2.34. The van der Waals surface area contributed by atoms with Gasteiger partial charge in [-0.25, -0.2) is 17.5 Å². The molecule has 186 valence electrons. The lowest BCUT2D eigenvalue weighted by molar-refractivity contribution is -0.125. The van der Waals surface area contributed by atoms with Crippen LogP contribution in [0.2, 0.25) is 0 Å². The molecule has 2 saturated heterocycles. The van der Waals surface area contributed by atoms with Crippen molar-refractivity contribution in [3.8, 4) is 0 Å². The summed E-state index contributed by atoms with van der Waals surface area (Å²) in [5.41, 5.74) is 0.0510. The van der Waals surface area contributed by atoms with Crippen molar-refractivity contribution in [2.75, 3.05) is 31.9 Å². The fourth-order valence-corrected chi connectivity index (χ4v) is 6.94. The molecule has 35 heavy (non-hydrogen) atoms. The molecule has 0 aromatic heterocycles. The van der Waals surface area contributed by atoms with Gasteiger partial charge in [-0.1, -0.05) is 42.5 Å². The number of carbonyl (C=O) groups is 2. The average molecular weight is 499 g/mol. The third kappa shape index (κ3) is 4.64. The van der Waals surface area contributed by atoms with Crippen LogP contribution in [0.4, 0.5) is 4.79 Å². The molecule has 3 aliphatic rings. The number of amidine groups is 1. The molecule has 1 spiro atoms. The number of aryl methyl sites for hydroxylation is 1. The van der Waals surface area contributed by atoms with E-state index in [4.69, 9.17) is 4.99 Å². The zero-order chi connectivity index (χ0) is 24.6. The third-order valence-corrected chi connectivity index (χ3v) is 9.40. The number of sulfonamides is 1. The number of carbonyl (C=O) groups excluding carboxylic acids is 1. The standard InChI is InChI=1S/C25H30N4O5S/c30-23-25(27-22(26-23)20-8-4-13-28(17-20)24(31)32)11-14-29(15-12-25)35(33,34)16-10-19-7-3-6-18-5-1-2-9-21(18)19/h1-3,5-7,9,20H,4,8,10-17H2,(H,31,32)(H,26,27,30). The van der Waals surface area contributed by atoms with Gasteiger partial charge in [0.15, 0.2) is 0 Å². The molecule has 10 heteroatoms. The number of amides is 2. The highest BCUT2D eigenvalue weighted by Gasteiger charge is 2.48. The topological polar surface area (TPSA) is 119 Å². The van der Waals surface area contributed by atoms with E-state index in [9.17, 15) is 23.1 Å². The first kappa shape index (κ1) is 23.7. The minimum absolute atomic E-state index is 0.0157. The number of nitrogens with one attached hydrogen (secondary N) is 1. The van der Waals surface area contributed by atoms with Gasteiger partial charge in [-0.3, -0.25) is 9.79 Å². The first-order valence-electron chi connectivity index (χ1n) is 12.1. The molecule has 0 radical (unpaired) electrons. The first-order chi connectivity index (χ1) is 16.8. The van der Waals surface area contributed by atoms with Gasteiger partial charge in [0.2, 0.25) is 10.0 Å². The number of nitrogens with zero attached hydrogens (tertiary/aromatic N) is 3. The molecule has 3 heterocycles. The summed E-state index contributed by atoms with van der Waals surface area (Å²) in [6, 6.07) is 13.9. The van der Waals surface area contributed by atoms with Crippen molar-refractivity contribution in [2.45, 2.75) is 37.6 Å². The molecule has 3 aliphatic heterocycles. The molecule has 1 unspecified atom stereocenters. The summed E-state index contributed by atoms with van der Waals surface area (Å²) >= 11 is 0. The van der Waals surface area contributed by atoms with Crippen LogP contribution in [-0.4, -0.2) is 78.0 Å². The molecule has 0 aliphatic carbocycles. The smallest absolute Gasteiger partial charge is 0.407 e. The second kappa shape index (κ2) is 9.23. The summed E-state index contributed by atoms with van der Waals surface area (Å²) < 4.78 is 27.7. The highest BCUT2D eigenvalue weighted by Crippen LogP contribution is 2.33. The van der Waals surface area contributed by atoms with Crippen molar-refractivity contribution in [1.82, 2.24) is 14.5 Å². The van der Waals surface area contributed by atoms with Gasteiger partial charge in [-0.05, 0) is 48.4 Å². The van der Waals surface area contributed by atoms with Crippen molar-refractivity contribution < 1.29 is 23.1 Å². The van der Waals surface area contributed by atoms with Gasteiger partial charge < -0.3 is 15.3 Å². The van der Waals surface area contributed by atoms with E-state index in [1.54, 1.807) is 0 Å². The predicted octanol–water partition coefficient (Wildman–Crippen LogP) is 2.46. The number of carboxylic acid groups (broad SMARTS) is 1. The molecule has 0 saturated carbocycles. The van der Waals surface area contributed by atoms with Gasteiger partial charge in [-0.15, -0.1) is 0 Å². The number of hydrogen-bond acceptors (Lipinski definition) is 5. The van der Waals surface area contributed by atoms with E-state index in [1.807, 2.05) is 42.5 Å². The molecule has 9 nitrogen and oxygen atoms in total. The molecule has 0 bridgehead atoms. The van der Waals surface area contributed by atoms with E-state index in [0.717, 1.165) is 29.2 Å². The maximum Gasteiger partial charge on any atom is 0.407 e. The zero-order valence-corrected chi connectivity index (χ0v) is 20.3. The van der Waals surface area contributed by atoms with Crippen LogP contribution in [0.25, 0.3) is 10.8 Å². The van der Waals surface area contributed by atoms with E-state index in [1.165, 1.54) is 9.21 Å². The van der Waals surface area contributed by atoms with Crippen molar-refractivity contribution in [3.05, 3.63) is 48.0 Å². The minimum Gasteiger partial charge on any atom is -0.465 e. The highest BCUT2D eigenvalue weighted by atomic mass is 32.2. The molecule has 2 fully saturated rings. The van der Waals surface area contributed by atoms with Crippen LogP contribution in [0, 0.1) is 5.92 Å². The highest BCUT2D eigenvalue weighted by molar-refractivity contribution is 7.89. The van der Waals surface area contributed by atoms with Crippen LogP contribution in [0.15, 0.2) is 47.5 Å². The van der Waals surface area contributed by atoms with E-state index in [0.29, 0.717) is 38.2 Å². The number of aliphatic imine (C=N–C) groups is 1. The molecule has 5 rings (SSSR count). The number of likely N-dealkylation sites (tertiary alicyclic amines) is 1. The van der Waals surface area contributed by atoms with E-state index in [2.05, 4.69) is 5.32 Å². The summed E-state index contributed by atoms with van der Waals surface area (Å²) in [5, 5.41) is 14.3. The van der Waals surface area contributed by atoms with E-state index in [-0.39, 0.29) is 30.7 Å². The fourth-order valence-electron chi connectivity index (χ4n) is 5.46. The number of hydrogen-bond donors (Lipinski definition) is 2.